The minimum atomic E-state index is -0.972. The summed E-state index contributed by atoms with van der Waals surface area (Å²) >= 11 is 1.39. The molecule has 0 saturated carbocycles. The van der Waals surface area contributed by atoms with Crippen LogP contribution in [0.15, 0.2) is 5.38 Å². The number of aromatic carboxylic acids is 1. The van der Waals surface area contributed by atoms with Gasteiger partial charge in [0, 0.05) is 24.5 Å². The van der Waals surface area contributed by atoms with Crippen LogP contribution in [0.25, 0.3) is 0 Å². The highest BCUT2D eigenvalue weighted by atomic mass is 32.1. The van der Waals surface area contributed by atoms with E-state index >= 15 is 0 Å². The van der Waals surface area contributed by atoms with E-state index in [4.69, 9.17) is 9.84 Å². The largest absolute Gasteiger partial charge is 0.476 e. The normalized spacial score (nSPS) is 11.7. The third kappa shape index (κ3) is 3.00. The molecule has 0 amide bonds. The van der Waals surface area contributed by atoms with Crippen LogP contribution in [-0.2, 0) is 10.2 Å². The van der Waals surface area contributed by atoms with Crippen molar-refractivity contribution in [3.05, 3.63) is 16.1 Å². The van der Waals surface area contributed by atoms with Gasteiger partial charge in [-0.2, -0.15) is 0 Å². The molecule has 0 unspecified atom stereocenters. The fraction of sp³-hybridized carbons (Fsp3) is 0.600. The molecule has 0 fully saturated rings. The number of carbonyl (C=O) groups is 1. The second-order valence-electron chi connectivity index (χ2n) is 3.97. The van der Waals surface area contributed by atoms with Crippen molar-refractivity contribution in [2.45, 2.75) is 25.7 Å². The standard InChI is InChI=1S/C10H15NO3S/c1-10(2,4-5-14-3)9-11-7(6-15-9)8(12)13/h6H,4-5H2,1-3H3,(H,12,13). The first-order chi connectivity index (χ1) is 6.97. The lowest BCUT2D eigenvalue weighted by molar-refractivity contribution is 0.0691. The number of hydrogen-bond acceptors (Lipinski definition) is 4. The maximum absolute atomic E-state index is 10.7. The maximum atomic E-state index is 10.7. The first-order valence-electron chi connectivity index (χ1n) is 4.65. The minimum Gasteiger partial charge on any atom is -0.476 e. The van der Waals surface area contributed by atoms with Crippen LogP contribution in [0.5, 0.6) is 0 Å². The third-order valence-electron chi connectivity index (χ3n) is 2.23. The highest BCUT2D eigenvalue weighted by Gasteiger charge is 2.25. The van der Waals surface area contributed by atoms with Crippen molar-refractivity contribution in [3.8, 4) is 0 Å². The van der Waals surface area contributed by atoms with E-state index in [0.29, 0.717) is 6.61 Å². The van der Waals surface area contributed by atoms with Crippen molar-refractivity contribution in [3.63, 3.8) is 0 Å². The van der Waals surface area contributed by atoms with Gasteiger partial charge in [-0.15, -0.1) is 11.3 Å². The molecule has 1 aromatic rings. The zero-order valence-corrected chi connectivity index (χ0v) is 9.93. The van der Waals surface area contributed by atoms with Crippen molar-refractivity contribution >= 4 is 17.3 Å². The van der Waals surface area contributed by atoms with Crippen LogP contribution >= 0.6 is 11.3 Å². The molecule has 1 rings (SSSR count). The Kier molecular flexibility index (Phi) is 3.82. The summed E-state index contributed by atoms with van der Waals surface area (Å²) in [4.78, 5) is 14.8. The Bertz CT molecular complexity index is 346. The summed E-state index contributed by atoms with van der Waals surface area (Å²) in [5.41, 5.74) is -0.00512. The summed E-state index contributed by atoms with van der Waals surface area (Å²) in [5, 5.41) is 11.2. The number of thiazole rings is 1. The minimum absolute atomic E-state index is 0.125. The van der Waals surface area contributed by atoms with E-state index < -0.39 is 5.97 Å². The second-order valence-corrected chi connectivity index (χ2v) is 4.83. The highest BCUT2D eigenvalue weighted by molar-refractivity contribution is 7.10. The fourth-order valence-corrected chi connectivity index (χ4v) is 2.10. The maximum Gasteiger partial charge on any atom is 0.355 e. The monoisotopic (exact) mass is 229 g/mol. The summed E-state index contributed by atoms with van der Waals surface area (Å²) < 4.78 is 5.01. The number of ether oxygens (including phenoxy) is 1. The summed E-state index contributed by atoms with van der Waals surface area (Å²) in [7, 11) is 1.65. The van der Waals surface area contributed by atoms with Gasteiger partial charge < -0.3 is 9.84 Å². The lowest BCUT2D eigenvalue weighted by atomic mass is 9.91. The lowest BCUT2D eigenvalue weighted by Crippen LogP contribution is -2.19. The van der Waals surface area contributed by atoms with E-state index in [-0.39, 0.29) is 11.1 Å². The Balaban J connectivity index is 2.80. The zero-order valence-electron chi connectivity index (χ0n) is 9.11. The lowest BCUT2D eigenvalue weighted by Gasteiger charge is -2.20. The fourth-order valence-electron chi connectivity index (χ4n) is 1.15. The predicted molar refractivity (Wildman–Crippen MR) is 58.6 cm³/mol. The molecule has 5 heteroatoms. The number of hydrogen-bond donors (Lipinski definition) is 1. The molecule has 0 saturated heterocycles. The topological polar surface area (TPSA) is 59.4 Å². The average Bonchev–Trinajstić information content (AvgIpc) is 2.64. The van der Waals surface area contributed by atoms with Crippen molar-refractivity contribution < 1.29 is 14.6 Å². The Morgan fingerprint density at radius 3 is 2.80 bits per heavy atom. The third-order valence-corrected chi connectivity index (χ3v) is 3.44. The van der Waals surface area contributed by atoms with E-state index in [0.717, 1.165) is 11.4 Å². The molecule has 1 heterocycles. The van der Waals surface area contributed by atoms with Crippen LogP contribution in [0, 0.1) is 0 Å². The van der Waals surface area contributed by atoms with Crippen molar-refractivity contribution in [1.29, 1.82) is 0 Å². The van der Waals surface area contributed by atoms with Crippen molar-refractivity contribution in [1.82, 2.24) is 4.98 Å². The summed E-state index contributed by atoms with van der Waals surface area (Å²) in [6.07, 6.45) is 0.829. The van der Waals surface area contributed by atoms with Gasteiger partial charge in [0.1, 0.15) is 0 Å². The van der Waals surface area contributed by atoms with Crippen LogP contribution in [0.4, 0.5) is 0 Å². The smallest absolute Gasteiger partial charge is 0.355 e. The van der Waals surface area contributed by atoms with E-state index in [1.54, 1.807) is 12.5 Å². The molecule has 4 nitrogen and oxygen atoms in total. The van der Waals surface area contributed by atoms with Gasteiger partial charge in [-0.3, -0.25) is 0 Å². The first kappa shape index (κ1) is 12.1. The molecule has 1 aromatic heterocycles. The molecule has 0 aliphatic carbocycles. The van der Waals surface area contributed by atoms with E-state index in [1.807, 2.05) is 13.8 Å². The van der Waals surface area contributed by atoms with Crippen LogP contribution in [0.2, 0.25) is 0 Å². The van der Waals surface area contributed by atoms with Gasteiger partial charge >= 0.3 is 5.97 Å². The van der Waals surface area contributed by atoms with Gasteiger partial charge in [0.25, 0.3) is 0 Å². The molecule has 0 atom stereocenters. The number of aromatic nitrogens is 1. The number of carboxylic acids is 1. The Labute approximate surface area is 92.9 Å². The molecule has 84 valence electrons. The van der Waals surface area contributed by atoms with E-state index in [1.165, 1.54) is 11.3 Å². The first-order valence-corrected chi connectivity index (χ1v) is 5.53. The van der Waals surface area contributed by atoms with Gasteiger partial charge in [-0.1, -0.05) is 13.8 Å². The SMILES string of the molecule is COCCC(C)(C)c1nc(C(=O)O)cs1. The molecule has 0 spiro atoms. The Morgan fingerprint density at radius 1 is 1.67 bits per heavy atom. The van der Waals surface area contributed by atoms with Gasteiger partial charge in [-0.05, 0) is 6.42 Å². The average molecular weight is 229 g/mol. The highest BCUT2D eigenvalue weighted by Crippen LogP contribution is 2.29. The van der Waals surface area contributed by atoms with Crippen LogP contribution in [-0.4, -0.2) is 29.8 Å². The Hall–Kier alpha value is -0.940. The second kappa shape index (κ2) is 4.72. The van der Waals surface area contributed by atoms with E-state index in [9.17, 15) is 4.79 Å². The summed E-state index contributed by atoms with van der Waals surface area (Å²) in [6, 6.07) is 0. The van der Waals surface area contributed by atoms with E-state index in [2.05, 4.69) is 4.98 Å². The number of rotatable bonds is 5. The molecule has 1 N–H and O–H groups in total. The number of methoxy groups -OCH3 is 1. The molecule has 0 aromatic carbocycles. The van der Waals surface area contributed by atoms with Crippen LogP contribution in [0.3, 0.4) is 0 Å². The number of carboxylic acid groups (broad SMARTS) is 1. The molecule has 0 aliphatic rings. The molecule has 0 radical (unpaired) electrons. The van der Waals surface area contributed by atoms with Gasteiger partial charge in [0.2, 0.25) is 0 Å². The molecular weight excluding hydrogens is 214 g/mol. The molecule has 0 bridgehead atoms. The van der Waals surface area contributed by atoms with Gasteiger partial charge in [-0.25, -0.2) is 9.78 Å². The number of nitrogens with zero attached hydrogens (tertiary/aromatic N) is 1. The van der Waals surface area contributed by atoms with Gasteiger partial charge in [0.15, 0.2) is 5.69 Å². The summed E-state index contributed by atoms with van der Waals surface area (Å²) in [5.74, 6) is -0.972. The van der Waals surface area contributed by atoms with Crippen molar-refractivity contribution in [2.75, 3.05) is 13.7 Å². The molecule has 0 aliphatic heterocycles. The molecular formula is C10H15NO3S. The zero-order chi connectivity index (χ0) is 11.5. The van der Waals surface area contributed by atoms with Crippen LogP contribution < -0.4 is 0 Å². The van der Waals surface area contributed by atoms with Crippen molar-refractivity contribution in [2.24, 2.45) is 0 Å². The van der Waals surface area contributed by atoms with Crippen LogP contribution in [0.1, 0.15) is 35.8 Å². The summed E-state index contributed by atoms with van der Waals surface area (Å²) in [6.45, 7) is 4.72. The van der Waals surface area contributed by atoms with Gasteiger partial charge in [0.05, 0.1) is 5.01 Å². The molecule has 15 heavy (non-hydrogen) atoms. The Morgan fingerprint density at radius 2 is 2.33 bits per heavy atom. The predicted octanol–water partition coefficient (Wildman–Crippen LogP) is 2.16. The quantitative estimate of drug-likeness (QED) is 0.840.